The van der Waals surface area contributed by atoms with E-state index in [0.29, 0.717) is 5.75 Å². The van der Waals surface area contributed by atoms with Crippen molar-refractivity contribution in [2.75, 3.05) is 12.8 Å². The minimum Gasteiger partial charge on any atom is -0.494 e. The van der Waals surface area contributed by atoms with Crippen molar-refractivity contribution in [1.29, 1.82) is 0 Å². The zero-order valence-electron chi connectivity index (χ0n) is 6.07. The third kappa shape index (κ3) is 1.35. The topological polar surface area (TPSA) is 64.7 Å². The maximum Gasteiger partial charge on any atom is 0.191 e. The Balaban J connectivity index is 0.00000121. The molecular weight excluding hydrogens is 146 g/mol. The predicted octanol–water partition coefficient (Wildman–Crippen LogP) is 1.38. The van der Waals surface area contributed by atoms with E-state index in [1.54, 1.807) is 12.1 Å². The van der Waals surface area contributed by atoms with Crippen LogP contribution in [-0.4, -0.2) is 12.4 Å². The molecule has 0 bridgehead atoms. The van der Waals surface area contributed by atoms with Gasteiger partial charge in [-0.3, -0.25) is 0 Å². The molecule has 0 radical (unpaired) electrons. The Morgan fingerprint density at radius 1 is 1.45 bits per heavy atom. The van der Waals surface area contributed by atoms with Crippen LogP contribution in [-0.2, 0) is 0 Å². The molecule has 0 saturated carbocycles. The molecule has 62 valence electrons. The second-order valence-corrected chi connectivity index (χ2v) is 1.96. The van der Waals surface area contributed by atoms with Crippen LogP contribution in [0.2, 0.25) is 0 Å². The molecule has 0 saturated heterocycles. The van der Waals surface area contributed by atoms with Crippen molar-refractivity contribution in [3.8, 4) is 11.5 Å². The van der Waals surface area contributed by atoms with Gasteiger partial charge in [-0.2, -0.15) is 0 Å². The van der Waals surface area contributed by atoms with Crippen LogP contribution < -0.4 is 15.4 Å². The third-order valence-corrected chi connectivity index (χ3v) is 1.34. The molecule has 0 fully saturated rings. The summed E-state index contributed by atoms with van der Waals surface area (Å²) in [5.41, 5.74) is 5.78. The Hall–Kier alpha value is -1.42. The van der Waals surface area contributed by atoms with Crippen molar-refractivity contribution in [2.45, 2.75) is 0 Å². The number of hydrogen-bond acceptors (Lipinski definition) is 4. The highest BCUT2D eigenvalue weighted by molar-refractivity contribution is 5.62. The van der Waals surface area contributed by atoms with Gasteiger partial charge in [0.2, 0.25) is 0 Å². The lowest BCUT2D eigenvalue weighted by molar-refractivity contribution is -0.136. The fourth-order valence-corrected chi connectivity index (χ4v) is 0.781. The largest absolute Gasteiger partial charge is 0.494 e. The van der Waals surface area contributed by atoms with Gasteiger partial charge in [0.15, 0.2) is 5.75 Å². The number of methoxy groups -OCH3 is 1. The summed E-state index contributed by atoms with van der Waals surface area (Å²) < 4.78 is 4.87. The van der Waals surface area contributed by atoms with E-state index in [0.717, 1.165) is 0 Å². The molecule has 0 aliphatic carbocycles. The summed E-state index contributed by atoms with van der Waals surface area (Å²) in [6, 6.07) is 4.89. The number of ether oxygens (including phenoxy) is 1. The standard InChI is InChI=1S/C7H9NO3.H2/c1-10-5-3-2-4-6(11-9)7(5)8;/h2-4,9H,8H2,1H3;1H. The van der Waals surface area contributed by atoms with Crippen LogP contribution in [0.4, 0.5) is 5.69 Å². The first kappa shape index (κ1) is 7.68. The van der Waals surface area contributed by atoms with Gasteiger partial charge in [0.1, 0.15) is 11.4 Å². The third-order valence-electron chi connectivity index (χ3n) is 1.34. The highest BCUT2D eigenvalue weighted by atomic mass is 17.1. The van der Waals surface area contributed by atoms with Crippen LogP contribution in [0.1, 0.15) is 1.43 Å². The smallest absolute Gasteiger partial charge is 0.191 e. The Morgan fingerprint density at radius 3 is 2.64 bits per heavy atom. The van der Waals surface area contributed by atoms with Crippen molar-refractivity contribution in [2.24, 2.45) is 0 Å². The second-order valence-electron chi connectivity index (χ2n) is 1.96. The van der Waals surface area contributed by atoms with E-state index in [9.17, 15) is 0 Å². The highest BCUT2D eigenvalue weighted by Gasteiger charge is 2.04. The lowest BCUT2D eigenvalue weighted by Crippen LogP contribution is -1.95. The number of hydrogen-bond donors (Lipinski definition) is 2. The highest BCUT2D eigenvalue weighted by Crippen LogP contribution is 2.30. The summed E-state index contributed by atoms with van der Waals surface area (Å²) in [7, 11) is 1.49. The molecule has 0 heterocycles. The fourth-order valence-electron chi connectivity index (χ4n) is 0.781. The minimum atomic E-state index is 0. The molecule has 1 rings (SSSR count). The van der Waals surface area contributed by atoms with Crippen LogP contribution in [0.3, 0.4) is 0 Å². The van der Waals surface area contributed by atoms with Crippen LogP contribution in [0.5, 0.6) is 11.5 Å². The van der Waals surface area contributed by atoms with Gasteiger partial charge in [0, 0.05) is 1.43 Å². The Kier molecular flexibility index (Phi) is 2.18. The first-order chi connectivity index (χ1) is 5.29. The Morgan fingerprint density at radius 2 is 2.09 bits per heavy atom. The number of para-hydroxylation sites is 1. The molecule has 0 aromatic heterocycles. The van der Waals surface area contributed by atoms with Crippen molar-refractivity contribution < 1.29 is 16.3 Å². The maximum atomic E-state index is 8.30. The summed E-state index contributed by atoms with van der Waals surface area (Å²) >= 11 is 0. The molecule has 4 nitrogen and oxygen atoms in total. The predicted molar refractivity (Wildman–Crippen MR) is 42.8 cm³/mol. The normalized spacial score (nSPS) is 9.27. The molecule has 0 spiro atoms. The first-order valence-electron chi connectivity index (χ1n) is 3.03. The van der Waals surface area contributed by atoms with Gasteiger partial charge in [-0.15, -0.1) is 0 Å². The average molecular weight is 157 g/mol. The summed E-state index contributed by atoms with van der Waals surface area (Å²) in [6.45, 7) is 0. The lowest BCUT2D eigenvalue weighted by Gasteiger charge is -2.05. The van der Waals surface area contributed by atoms with Crippen molar-refractivity contribution in [3.63, 3.8) is 0 Å². The minimum absolute atomic E-state index is 0. The zero-order valence-corrected chi connectivity index (χ0v) is 6.07. The summed E-state index contributed by atoms with van der Waals surface area (Å²) in [5.74, 6) is 0.681. The molecule has 0 aliphatic heterocycles. The van der Waals surface area contributed by atoms with E-state index in [1.807, 2.05) is 0 Å². The van der Waals surface area contributed by atoms with Gasteiger partial charge < -0.3 is 15.4 Å². The summed E-state index contributed by atoms with van der Waals surface area (Å²) in [5, 5.41) is 8.30. The van der Waals surface area contributed by atoms with E-state index >= 15 is 0 Å². The number of anilines is 1. The molecular formula is C7H11NO3. The molecule has 0 aliphatic rings. The molecule has 0 amide bonds. The molecule has 0 atom stereocenters. The van der Waals surface area contributed by atoms with Gasteiger partial charge in [0.25, 0.3) is 0 Å². The summed E-state index contributed by atoms with van der Waals surface area (Å²) in [4.78, 5) is 3.98. The quantitative estimate of drug-likeness (QED) is 0.386. The van der Waals surface area contributed by atoms with E-state index in [2.05, 4.69) is 4.89 Å². The molecule has 3 N–H and O–H groups in total. The summed E-state index contributed by atoms with van der Waals surface area (Å²) in [6.07, 6.45) is 0. The Labute approximate surface area is 65.6 Å². The fraction of sp³-hybridized carbons (Fsp3) is 0.143. The van der Waals surface area contributed by atoms with Crippen molar-refractivity contribution in [1.82, 2.24) is 0 Å². The average Bonchev–Trinajstić information content (AvgIpc) is 2.05. The molecule has 4 heteroatoms. The molecule has 1 aromatic rings. The van der Waals surface area contributed by atoms with E-state index in [1.165, 1.54) is 13.2 Å². The van der Waals surface area contributed by atoms with Crippen molar-refractivity contribution >= 4 is 5.69 Å². The number of benzene rings is 1. The van der Waals surface area contributed by atoms with Gasteiger partial charge in [-0.05, 0) is 12.1 Å². The first-order valence-corrected chi connectivity index (χ1v) is 3.03. The van der Waals surface area contributed by atoms with E-state index < -0.39 is 0 Å². The number of nitrogens with two attached hydrogens (primary N) is 1. The van der Waals surface area contributed by atoms with Gasteiger partial charge >= 0.3 is 0 Å². The maximum absolute atomic E-state index is 8.30. The monoisotopic (exact) mass is 157 g/mol. The van der Waals surface area contributed by atoms with Crippen LogP contribution >= 0.6 is 0 Å². The number of nitrogen functional groups attached to an aromatic ring is 1. The van der Waals surface area contributed by atoms with Gasteiger partial charge in [-0.25, -0.2) is 5.26 Å². The Bertz CT molecular complexity index is 232. The molecule has 0 unspecified atom stereocenters. The van der Waals surface area contributed by atoms with E-state index in [-0.39, 0.29) is 12.9 Å². The SMILES string of the molecule is COc1cccc(OO)c1N.[HH]. The second kappa shape index (κ2) is 3.12. The number of rotatable bonds is 2. The molecule has 1 aromatic carbocycles. The molecule has 11 heavy (non-hydrogen) atoms. The van der Waals surface area contributed by atoms with Gasteiger partial charge in [0.05, 0.1) is 7.11 Å². The van der Waals surface area contributed by atoms with Crippen LogP contribution in [0, 0.1) is 0 Å². The zero-order chi connectivity index (χ0) is 8.27. The van der Waals surface area contributed by atoms with Crippen LogP contribution in [0.25, 0.3) is 0 Å². The van der Waals surface area contributed by atoms with E-state index in [4.69, 9.17) is 15.7 Å². The van der Waals surface area contributed by atoms with Crippen molar-refractivity contribution in [3.05, 3.63) is 18.2 Å². The van der Waals surface area contributed by atoms with Gasteiger partial charge in [-0.1, -0.05) is 6.07 Å². The lowest BCUT2D eigenvalue weighted by atomic mass is 10.3. The van der Waals surface area contributed by atoms with Crippen LogP contribution in [0.15, 0.2) is 18.2 Å².